The van der Waals surface area contributed by atoms with Crippen LogP contribution in [0.25, 0.3) is 0 Å². The molecule has 0 amide bonds. The molecule has 2 saturated carbocycles. The zero-order valence-electron chi connectivity index (χ0n) is 13.9. The summed E-state index contributed by atoms with van der Waals surface area (Å²) in [5.74, 6) is 0. The van der Waals surface area contributed by atoms with Crippen LogP contribution in [0, 0.1) is 0 Å². The third-order valence-electron chi connectivity index (χ3n) is 5.64. The molecule has 0 spiro atoms. The molecule has 0 bridgehead atoms. The second kappa shape index (κ2) is 9.39. The van der Waals surface area contributed by atoms with Crippen LogP contribution in [0.5, 0.6) is 0 Å². The molecule has 0 aromatic rings. The first-order valence-corrected chi connectivity index (χ1v) is 12.6. The molecule has 2 aliphatic rings. The summed E-state index contributed by atoms with van der Waals surface area (Å²) in [6, 6.07) is 5.18. The molecule has 2 rings (SSSR count). The Morgan fingerprint density at radius 1 is 0.700 bits per heavy atom. The summed E-state index contributed by atoms with van der Waals surface area (Å²) in [6.45, 7) is 7.44. The van der Waals surface area contributed by atoms with Gasteiger partial charge in [0.15, 0.2) is 0 Å². The van der Waals surface area contributed by atoms with E-state index >= 15 is 0 Å². The summed E-state index contributed by atoms with van der Waals surface area (Å²) in [6.07, 6.45) is 12.0. The zero-order valence-corrected chi connectivity index (χ0v) is 16.8. The molecule has 118 valence electrons. The van der Waals surface area contributed by atoms with E-state index in [4.69, 9.17) is 0 Å². The minimum atomic E-state index is 0.0651. The van der Waals surface area contributed by atoms with E-state index in [1.807, 2.05) is 0 Å². The smallest absolute Gasteiger partial charge is 0.0951 e. The minimum Gasteiger partial charge on any atom is -0.327 e. The van der Waals surface area contributed by atoms with Crippen LogP contribution in [0.2, 0.25) is 12.1 Å². The van der Waals surface area contributed by atoms with E-state index in [1.165, 1.54) is 64.5 Å². The van der Waals surface area contributed by atoms with Gasteiger partial charge < -0.3 is 9.13 Å². The average Bonchev–Trinajstić information content (AvgIpc) is 3.15. The Kier molecular flexibility index (Phi) is 7.85. The second-order valence-corrected chi connectivity index (χ2v) is 10.8. The van der Waals surface area contributed by atoms with Crippen molar-refractivity contribution in [2.45, 2.75) is 89.4 Å². The van der Waals surface area contributed by atoms with Crippen LogP contribution in [0.3, 0.4) is 0 Å². The lowest BCUT2D eigenvalue weighted by molar-refractivity contribution is 0.344. The lowest BCUT2D eigenvalue weighted by Gasteiger charge is -2.29. The predicted molar refractivity (Wildman–Crippen MR) is 96.0 cm³/mol. The molecule has 4 heteroatoms. The van der Waals surface area contributed by atoms with Crippen LogP contribution in [-0.2, 0) is 0 Å². The maximum absolute atomic E-state index is 2.91. The molecule has 0 aliphatic heterocycles. The molecule has 0 aromatic carbocycles. The van der Waals surface area contributed by atoms with Gasteiger partial charge in [0.1, 0.15) is 0 Å². The van der Waals surface area contributed by atoms with Gasteiger partial charge in [0.25, 0.3) is 0 Å². The van der Waals surface area contributed by atoms with Crippen LogP contribution < -0.4 is 0 Å². The third-order valence-corrected chi connectivity index (χ3v) is 11.3. The van der Waals surface area contributed by atoms with Crippen molar-refractivity contribution in [3.63, 3.8) is 0 Å². The first-order chi connectivity index (χ1) is 9.85. The second-order valence-electron chi connectivity index (χ2n) is 6.84. The maximum atomic E-state index is 2.91. The average molecular weight is 313 g/mol. The van der Waals surface area contributed by atoms with Crippen LogP contribution in [0.1, 0.15) is 65.2 Å². The predicted octanol–water partition coefficient (Wildman–Crippen LogP) is 2.52. The SMILES string of the molecule is CCN([SiH2]CC[SiH2]N(CC)C1CCCC1)C1CCCC1. The Hall–Kier alpha value is 0.354. The number of nitrogens with zero attached hydrogens (tertiary/aromatic N) is 2. The molecule has 0 aromatic heterocycles. The monoisotopic (exact) mass is 312 g/mol. The van der Waals surface area contributed by atoms with Gasteiger partial charge in [0, 0.05) is 12.1 Å². The molecule has 0 unspecified atom stereocenters. The Bertz CT molecular complexity index is 225. The summed E-state index contributed by atoms with van der Waals surface area (Å²) < 4.78 is 5.82. The fourth-order valence-electron chi connectivity index (χ4n) is 4.37. The normalized spacial score (nSPS) is 22.8. The standard InChI is InChI=1S/C16H36N2Si2/c1-3-17(15-9-5-6-10-15)19-13-14-20-18(4-2)16-11-7-8-12-16/h15-16H,3-14,19-20H2,1-2H3. The number of rotatable bonds is 9. The summed E-state index contributed by atoms with van der Waals surface area (Å²) in [4.78, 5) is 0. The van der Waals surface area contributed by atoms with Crippen molar-refractivity contribution in [1.29, 1.82) is 0 Å². The molecule has 2 nitrogen and oxygen atoms in total. The van der Waals surface area contributed by atoms with Crippen molar-refractivity contribution >= 4 is 19.4 Å². The van der Waals surface area contributed by atoms with Gasteiger partial charge in [-0.25, -0.2) is 0 Å². The lowest BCUT2D eigenvalue weighted by atomic mass is 10.2. The fraction of sp³-hybridized carbons (Fsp3) is 1.00. The third kappa shape index (κ3) is 4.97. The van der Waals surface area contributed by atoms with E-state index in [1.54, 1.807) is 12.1 Å². The van der Waals surface area contributed by atoms with Gasteiger partial charge in [0.2, 0.25) is 0 Å². The van der Waals surface area contributed by atoms with Crippen molar-refractivity contribution < 1.29 is 0 Å². The summed E-state index contributed by atoms with van der Waals surface area (Å²) >= 11 is 0. The first kappa shape index (κ1) is 16.7. The van der Waals surface area contributed by atoms with Crippen molar-refractivity contribution in [2.75, 3.05) is 13.1 Å². The van der Waals surface area contributed by atoms with E-state index < -0.39 is 0 Å². The topological polar surface area (TPSA) is 6.48 Å². The van der Waals surface area contributed by atoms with Crippen LogP contribution in [-0.4, -0.2) is 53.7 Å². The molecular formula is C16H36N2Si2. The molecular weight excluding hydrogens is 276 g/mol. The summed E-state index contributed by atoms with van der Waals surface area (Å²) in [7, 11) is 0.130. The lowest BCUT2D eigenvalue weighted by Crippen LogP contribution is -2.38. The van der Waals surface area contributed by atoms with E-state index in [-0.39, 0.29) is 19.4 Å². The Labute approximate surface area is 131 Å². The summed E-state index contributed by atoms with van der Waals surface area (Å²) in [5, 5.41) is 0. The first-order valence-electron chi connectivity index (χ1n) is 9.33. The fourth-order valence-corrected chi connectivity index (χ4v) is 9.06. The Balaban J connectivity index is 1.61. The van der Waals surface area contributed by atoms with E-state index in [0.717, 1.165) is 12.1 Å². The van der Waals surface area contributed by atoms with E-state index in [0.29, 0.717) is 0 Å². The maximum Gasteiger partial charge on any atom is 0.0951 e. The van der Waals surface area contributed by atoms with Gasteiger partial charge >= 0.3 is 0 Å². The zero-order chi connectivity index (χ0) is 14.2. The summed E-state index contributed by atoms with van der Waals surface area (Å²) in [5.41, 5.74) is 0. The van der Waals surface area contributed by atoms with Crippen LogP contribution in [0.15, 0.2) is 0 Å². The highest BCUT2D eigenvalue weighted by Crippen LogP contribution is 2.24. The molecule has 2 aliphatic carbocycles. The molecule has 2 fully saturated rings. The highest BCUT2D eigenvalue weighted by Gasteiger charge is 2.22. The molecule has 20 heavy (non-hydrogen) atoms. The van der Waals surface area contributed by atoms with Crippen LogP contribution in [0.4, 0.5) is 0 Å². The van der Waals surface area contributed by atoms with Crippen molar-refractivity contribution in [2.24, 2.45) is 0 Å². The molecule has 0 atom stereocenters. The number of hydrogen-bond acceptors (Lipinski definition) is 2. The van der Waals surface area contributed by atoms with Crippen molar-refractivity contribution in [3.8, 4) is 0 Å². The molecule has 0 N–H and O–H groups in total. The Morgan fingerprint density at radius 3 is 1.35 bits per heavy atom. The van der Waals surface area contributed by atoms with Gasteiger partial charge in [-0.3, -0.25) is 0 Å². The van der Waals surface area contributed by atoms with E-state index in [2.05, 4.69) is 23.0 Å². The largest absolute Gasteiger partial charge is 0.327 e. The molecule has 0 radical (unpaired) electrons. The van der Waals surface area contributed by atoms with E-state index in [9.17, 15) is 0 Å². The quantitative estimate of drug-likeness (QED) is 0.477. The highest BCUT2D eigenvalue weighted by molar-refractivity contribution is 6.38. The van der Waals surface area contributed by atoms with Gasteiger partial charge in [-0.15, -0.1) is 0 Å². The van der Waals surface area contributed by atoms with Gasteiger partial charge in [0.05, 0.1) is 19.4 Å². The molecule has 0 heterocycles. The minimum absolute atomic E-state index is 0.0651. The number of hydrogen-bond donors (Lipinski definition) is 0. The van der Waals surface area contributed by atoms with Gasteiger partial charge in [-0.2, -0.15) is 0 Å². The Morgan fingerprint density at radius 2 is 1.05 bits per heavy atom. The van der Waals surface area contributed by atoms with Crippen molar-refractivity contribution in [1.82, 2.24) is 9.13 Å². The van der Waals surface area contributed by atoms with Gasteiger partial charge in [-0.1, -0.05) is 51.6 Å². The van der Waals surface area contributed by atoms with Crippen LogP contribution >= 0.6 is 0 Å². The highest BCUT2D eigenvalue weighted by atomic mass is 28.2. The van der Waals surface area contributed by atoms with Gasteiger partial charge in [-0.05, 0) is 38.8 Å². The van der Waals surface area contributed by atoms with Crippen molar-refractivity contribution in [3.05, 3.63) is 0 Å². The molecule has 0 saturated heterocycles.